The fraction of sp³-hybridized carbons (Fsp3) is 0.571. The Morgan fingerprint density at radius 3 is 2.30 bits per heavy atom. The van der Waals surface area contributed by atoms with Crippen molar-refractivity contribution >= 4 is 27.8 Å². The lowest BCUT2D eigenvalue weighted by Crippen LogP contribution is -2.49. The number of nitrogens with one attached hydrogen (secondary N) is 1. The Hall–Kier alpha value is -1.30. The lowest BCUT2D eigenvalue weighted by atomic mass is 9.86. The van der Waals surface area contributed by atoms with Crippen LogP contribution in [0.3, 0.4) is 0 Å². The molecule has 1 aromatic rings. The molecule has 0 spiro atoms. The molecule has 6 heteroatoms. The van der Waals surface area contributed by atoms with Crippen molar-refractivity contribution in [2.75, 3.05) is 0 Å². The van der Waals surface area contributed by atoms with Gasteiger partial charge >= 0.3 is 5.97 Å². The van der Waals surface area contributed by atoms with E-state index in [9.17, 15) is 14.7 Å². The van der Waals surface area contributed by atoms with Crippen LogP contribution >= 0.6 is 15.9 Å². The molecule has 112 valence electrons. The third kappa shape index (κ3) is 3.85. The second-order valence-corrected chi connectivity index (χ2v) is 7.07. The van der Waals surface area contributed by atoms with E-state index in [1.807, 2.05) is 20.0 Å². The molecule has 2 N–H and O–H groups in total. The minimum atomic E-state index is -1.03. The van der Waals surface area contributed by atoms with Crippen molar-refractivity contribution < 1.29 is 14.7 Å². The van der Waals surface area contributed by atoms with E-state index in [0.717, 1.165) is 4.47 Å². The lowest BCUT2D eigenvalue weighted by Gasteiger charge is -2.28. The van der Waals surface area contributed by atoms with Crippen LogP contribution in [0.1, 0.15) is 51.1 Å². The molecule has 0 aliphatic carbocycles. The van der Waals surface area contributed by atoms with Crippen LogP contribution < -0.4 is 5.32 Å². The number of amides is 1. The molecule has 0 aliphatic rings. The van der Waals surface area contributed by atoms with Crippen molar-refractivity contribution in [3.63, 3.8) is 0 Å². The van der Waals surface area contributed by atoms with E-state index in [4.69, 9.17) is 0 Å². The first-order chi connectivity index (χ1) is 9.04. The quantitative estimate of drug-likeness (QED) is 0.881. The van der Waals surface area contributed by atoms with Gasteiger partial charge < -0.3 is 15.0 Å². The number of carboxylic acid groups (broad SMARTS) is 1. The molecule has 5 nitrogen and oxygen atoms in total. The molecule has 0 aromatic carbocycles. The molecule has 0 saturated heterocycles. The van der Waals surface area contributed by atoms with Gasteiger partial charge in [0.2, 0.25) is 0 Å². The molecular weight excluding hydrogens is 324 g/mol. The minimum Gasteiger partial charge on any atom is -0.480 e. The van der Waals surface area contributed by atoms with Gasteiger partial charge in [0.25, 0.3) is 5.91 Å². The highest BCUT2D eigenvalue weighted by molar-refractivity contribution is 9.10. The highest BCUT2D eigenvalue weighted by Crippen LogP contribution is 2.22. The van der Waals surface area contributed by atoms with Crippen molar-refractivity contribution in [2.45, 2.75) is 46.7 Å². The third-order valence-corrected chi connectivity index (χ3v) is 3.43. The second kappa shape index (κ2) is 5.99. The van der Waals surface area contributed by atoms with Gasteiger partial charge in [0.15, 0.2) is 0 Å². The Morgan fingerprint density at radius 2 is 1.90 bits per heavy atom. The van der Waals surface area contributed by atoms with Gasteiger partial charge in [-0.15, -0.1) is 0 Å². The van der Waals surface area contributed by atoms with Crippen LogP contribution in [0.15, 0.2) is 16.7 Å². The molecule has 1 atom stereocenters. The molecule has 0 saturated carbocycles. The van der Waals surface area contributed by atoms with Crippen molar-refractivity contribution in [3.05, 3.63) is 22.4 Å². The second-order valence-electron chi connectivity index (χ2n) is 6.16. The van der Waals surface area contributed by atoms with Gasteiger partial charge in [-0.3, -0.25) is 4.79 Å². The predicted molar refractivity (Wildman–Crippen MR) is 80.9 cm³/mol. The van der Waals surface area contributed by atoms with Crippen LogP contribution in [-0.4, -0.2) is 27.6 Å². The van der Waals surface area contributed by atoms with Crippen LogP contribution in [0, 0.1) is 5.41 Å². The Kier molecular flexibility index (Phi) is 5.02. The van der Waals surface area contributed by atoms with E-state index < -0.39 is 17.4 Å². The average molecular weight is 345 g/mol. The third-order valence-electron chi connectivity index (χ3n) is 2.99. The highest BCUT2D eigenvalue weighted by atomic mass is 79.9. The van der Waals surface area contributed by atoms with Crippen molar-refractivity contribution in [3.8, 4) is 0 Å². The summed E-state index contributed by atoms with van der Waals surface area (Å²) in [6.07, 6.45) is 1.81. The predicted octanol–water partition coefficient (Wildman–Crippen LogP) is 3.06. The number of halogens is 1. The summed E-state index contributed by atoms with van der Waals surface area (Å²) >= 11 is 3.34. The lowest BCUT2D eigenvalue weighted by molar-refractivity contribution is -0.142. The standard InChI is InChI=1S/C14H21BrN2O3/c1-8(2)17-7-9(15)6-10(17)12(18)16-11(13(19)20)14(3,4)5/h6-8,11H,1-5H3,(H,16,18)(H,19,20)/t11-/m1/s1. The molecule has 1 rings (SSSR count). The Labute approximate surface area is 127 Å². The zero-order chi connectivity index (χ0) is 15.7. The maximum Gasteiger partial charge on any atom is 0.326 e. The van der Waals surface area contributed by atoms with Crippen molar-refractivity contribution in [1.82, 2.24) is 9.88 Å². The molecule has 0 fully saturated rings. The van der Waals surface area contributed by atoms with Gasteiger partial charge in [0, 0.05) is 16.7 Å². The average Bonchev–Trinajstić information content (AvgIpc) is 2.66. The summed E-state index contributed by atoms with van der Waals surface area (Å²) in [6, 6.07) is 0.862. The van der Waals surface area contributed by atoms with Crippen molar-refractivity contribution in [2.24, 2.45) is 5.41 Å². The number of hydrogen-bond donors (Lipinski definition) is 2. The number of carbonyl (C=O) groups excluding carboxylic acids is 1. The summed E-state index contributed by atoms with van der Waals surface area (Å²) in [5, 5.41) is 11.9. The van der Waals surface area contributed by atoms with E-state index in [2.05, 4.69) is 21.2 Å². The van der Waals surface area contributed by atoms with E-state index in [-0.39, 0.29) is 11.9 Å². The van der Waals surface area contributed by atoms with E-state index in [0.29, 0.717) is 5.69 Å². The van der Waals surface area contributed by atoms with Crippen molar-refractivity contribution in [1.29, 1.82) is 0 Å². The molecule has 0 radical (unpaired) electrons. The minimum absolute atomic E-state index is 0.111. The summed E-state index contributed by atoms with van der Waals surface area (Å²) in [5.41, 5.74) is -0.115. The maximum absolute atomic E-state index is 12.3. The molecule has 1 heterocycles. The van der Waals surface area contributed by atoms with Crippen LogP contribution in [0.4, 0.5) is 0 Å². The highest BCUT2D eigenvalue weighted by Gasteiger charge is 2.33. The summed E-state index contributed by atoms with van der Waals surface area (Å²) in [5.74, 6) is -1.42. The molecule has 0 aliphatic heterocycles. The van der Waals surface area contributed by atoms with Gasteiger partial charge in [-0.2, -0.15) is 0 Å². The Morgan fingerprint density at radius 1 is 1.35 bits per heavy atom. The number of aromatic nitrogens is 1. The summed E-state index contributed by atoms with van der Waals surface area (Å²) in [7, 11) is 0. The van der Waals surface area contributed by atoms with Gasteiger partial charge in [-0.1, -0.05) is 20.8 Å². The number of nitrogens with zero attached hydrogens (tertiary/aromatic N) is 1. The van der Waals surface area contributed by atoms with E-state index >= 15 is 0 Å². The smallest absolute Gasteiger partial charge is 0.326 e. The topological polar surface area (TPSA) is 71.3 Å². The maximum atomic E-state index is 12.3. The molecule has 1 amide bonds. The summed E-state index contributed by atoms with van der Waals surface area (Å²) in [6.45, 7) is 9.26. The largest absolute Gasteiger partial charge is 0.480 e. The first-order valence-electron chi connectivity index (χ1n) is 6.45. The monoisotopic (exact) mass is 344 g/mol. The number of carbonyl (C=O) groups is 2. The van der Waals surface area contributed by atoms with Crippen LogP contribution in [0.2, 0.25) is 0 Å². The summed E-state index contributed by atoms with van der Waals surface area (Å²) in [4.78, 5) is 23.6. The first-order valence-corrected chi connectivity index (χ1v) is 7.24. The van der Waals surface area contributed by atoms with E-state index in [1.54, 1.807) is 31.4 Å². The number of rotatable bonds is 4. The summed E-state index contributed by atoms with van der Waals surface area (Å²) < 4.78 is 2.60. The zero-order valence-electron chi connectivity index (χ0n) is 12.4. The van der Waals surface area contributed by atoms with Gasteiger partial charge in [0.1, 0.15) is 11.7 Å². The fourth-order valence-corrected chi connectivity index (χ4v) is 2.35. The van der Waals surface area contributed by atoms with Crippen LogP contribution in [0.25, 0.3) is 0 Å². The normalized spacial score (nSPS) is 13.3. The van der Waals surface area contributed by atoms with Crippen LogP contribution in [0.5, 0.6) is 0 Å². The van der Waals surface area contributed by atoms with Gasteiger partial charge in [-0.25, -0.2) is 4.79 Å². The van der Waals surface area contributed by atoms with Gasteiger partial charge in [-0.05, 0) is 41.3 Å². The number of carboxylic acids is 1. The van der Waals surface area contributed by atoms with E-state index in [1.165, 1.54) is 0 Å². The van der Waals surface area contributed by atoms with Gasteiger partial charge in [0.05, 0.1) is 0 Å². The molecule has 1 aromatic heterocycles. The molecule has 0 unspecified atom stereocenters. The molecule has 20 heavy (non-hydrogen) atoms. The Bertz CT molecular complexity index is 515. The number of aliphatic carboxylic acids is 1. The fourth-order valence-electron chi connectivity index (χ4n) is 1.91. The Balaban J connectivity index is 3.04. The zero-order valence-corrected chi connectivity index (χ0v) is 14.0. The first kappa shape index (κ1) is 16.8. The molecular formula is C14H21BrN2O3. The van der Waals surface area contributed by atoms with Crippen LogP contribution in [-0.2, 0) is 4.79 Å². The molecule has 0 bridgehead atoms. The SMILES string of the molecule is CC(C)n1cc(Br)cc1C(=O)N[C@H](C(=O)O)C(C)(C)C. The number of hydrogen-bond acceptors (Lipinski definition) is 2.